The van der Waals surface area contributed by atoms with Gasteiger partial charge in [-0.1, -0.05) is 39.8 Å². The average Bonchev–Trinajstić information content (AvgIpc) is 2.87. The minimum Gasteiger partial charge on any atom is -0.445 e. The van der Waals surface area contributed by atoms with E-state index in [1.165, 1.54) is 11.9 Å². The van der Waals surface area contributed by atoms with Gasteiger partial charge in [-0.25, -0.2) is 9.59 Å². The van der Waals surface area contributed by atoms with Crippen LogP contribution in [-0.2, 0) is 30.5 Å². The maximum absolute atomic E-state index is 13.0. The first-order valence-corrected chi connectivity index (χ1v) is 12.7. The molecule has 0 bridgehead atoms. The Morgan fingerprint density at radius 1 is 1.00 bits per heavy atom. The maximum Gasteiger partial charge on any atom is 0.410 e. The number of nitrogens with one attached hydrogen (secondary N) is 4. The Labute approximate surface area is 228 Å². The number of rotatable bonds is 16. The number of urea groups is 1. The molecule has 0 heterocycles. The van der Waals surface area contributed by atoms with E-state index in [1.54, 1.807) is 38.1 Å². The van der Waals surface area contributed by atoms with Crippen molar-refractivity contribution in [1.82, 2.24) is 20.9 Å². The number of hydrogen-bond acceptors (Lipinski definition) is 7. The van der Waals surface area contributed by atoms with Gasteiger partial charge in [-0.05, 0) is 42.4 Å². The number of amides is 6. The van der Waals surface area contributed by atoms with Gasteiger partial charge in [0.1, 0.15) is 25.0 Å². The van der Waals surface area contributed by atoms with E-state index >= 15 is 0 Å². The van der Waals surface area contributed by atoms with Crippen molar-refractivity contribution < 1.29 is 33.5 Å². The highest BCUT2D eigenvalue weighted by molar-refractivity contribution is 5.98. The molecule has 0 aliphatic carbocycles. The van der Waals surface area contributed by atoms with Gasteiger partial charge in [0, 0.05) is 19.3 Å². The maximum atomic E-state index is 13.0. The van der Waals surface area contributed by atoms with E-state index in [0.29, 0.717) is 30.4 Å². The van der Waals surface area contributed by atoms with E-state index in [1.807, 2.05) is 13.8 Å². The van der Waals surface area contributed by atoms with Crippen molar-refractivity contribution in [1.29, 1.82) is 0 Å². The predicted molar refractivity (Wildman–Crippen MR) is 144 cm³/mol. The van der Waals surface area contributed by atoms with E-state index in [4.69, 9.17) is 10.5 Å². The lowest BCUT2D eigenvalue weighted by Crippen LogP contribution is -2.53. The molecule has 0 radical (unpaired) electrons. The fraction of sp³-hybridized carbons (Fsp3) is 0.538. The zero-order chi connectivity index (χ0) is 29.5. The summed E-state index contributed by atoms with van der Waals surface area (Å²) in [5.41, 5.74) is 6.17. The van der Waals surface area contributed by atoms with Crippen molar-refractivity contribution in [2.45, 2.75) is 65.3 Å². The zero-order valence-electron chi connectivity index (χ0n) is 23.1. The molecule has 6 amide bonds. The van der Waals surface area contributed by atoms with Crippen molar-refractivity contribution in [3.63, 3.8) is 0 Å². The predicted octanol–water partition coefficient (Wildman–Crippen LogP) is 1.12. The number of benzene rings is 1. The van der Waals surface area contributed by atoms with Crippen LogP contribution >= 0.6 is 0 Å². The first-order chi connectivity index (χ1) is 18.4. The number of carbonyl (C=O) groups is 6. The minimum atomic E-state index is -0.954. The molecule has 0 aliphatic rings. The van der Waals surface area contributed by atoms with E-state index in [0.717, 1.165) is 0 Å². The van der Waals surface area contributed by atoms with Crippen LogP contribution in [0.25, 0.3) is 0 Å². The summed E-state index contributed by atoms with van der Waals surface area (Å²) < 4.78 is 5.28. The molecule has 0 spiro atoms. The lowest BCUT2D eigenvalue weighted by molar-refractivity contribution is -0.130. The number of ether oxygens (including phenoxy) is 1. The highest BCUT2D eigenvalue weighted by Crippen LogP contribution is 2.14. The highest BCUT2D eigenvalue weighted by atomic mass is 16.6. The second kappa shape index (κ2) is 16.6. The molecule has 1 rings (SSSR count). The molecule has 0 aliphatic heterocycles. The summed E-state index contributed by atoms with van der Waals surface area (Å²) in [6.07, 6.45) is 1.05. The van der Waals surface area contributed by atoms with Crippen molar-refractivity contribution in [3.05, 3.63) is 29.8 Å². The van der Waals surface area contributed by atoms with Gasteiger partial charge in [0.25, 0.3) is 0 Å². The molecule has 0 saturated carbocycles. The summed E-state index contributed by atoms with van der Waals surface area (Å²) >= 11 is 0. The number of anilines is 1. The standard InChI is InChI=1S/C26H40N6O7/c1-16(2)21(13-33)32(5)26(38)39-14-18-8-10-19(11-9-18)30-23(35)20(7-6-12-28-25(27)37)31-24(36)22(17(3)4)29-15-34/h8-11,13,15-17,20-22H,6-7,12,14H2,1-5H3,(H,29,34)(H,30,35)(H,31,36)(H3,27,28,37). The average molecular weight is 549 g/mol. The minimum absolute atomic E-state index is 0.0348. The molecule has 216 valence electrons. The van der Waals surface area contributed by atoms with E-state index in [2.05, 4.69) is 21.3 Å². The van der Waals surface area contributed by atoms with Crippen LogP contribution in [0.1, 0.15) is 46.1 Å². The third-order valence-corrected chi connectivity index (χ3v) is 5.94. The fourth-order valence-electron chi connectivity index (χ4n) is 3.67. The Hall–Kier alpha value is -4.16. The van der Waals surface area contributed by atoms with Crippen LogP contribution in [-0.4, -0.2) is 73.3 Å². The Bertz CT molecular complexity index is 984. The monoisotopic (exact) mass is 548 g/mol. The topological polar surface area (TPSA) is 189 Å². The van der Waals surface area contributed by atoms with Crippen molar-refractivity contribution >= 4 is 42.3 Å². The van der Waals surface area contributed by atoms with Crippen LogP contribution in [0.3, 0.4) is 0 Å². The molecular formula is C26H40N6O7. The third-order valence-electron chi connectivity index (χ3n) is 5.94. The smallest absolute Gasteiger partial charge is 0.410 e. The molecule has 13 nitrogen and oxygen atoms in total. The molecule has 3 unspecified atom stereocenters. The summed E-state index contributed by atoms with van der Waals surface area (Å²) in [6, 6.07) is 3.48. The first kappa shape index (κ1) is 32.9. The van der Waals surface area contributed by atoms with Crippen molar-refractivity contribution in [2.24, 2.45) is 17.6 Å². The van der Waals surface area contributed by atoms with Gasteiger partial charge in [-0.2, -0.15) is 0 Å². The van der Waals surface area contributed by atoms with E-state index < -0.39 is 42.1 Å². The van der Waals surface area contributed by atoms with Gasteiger partial charge in [-0.3, -0.25) is 14.4 Å². The normalized spacial score (nSPS) is 13.0. The van der Waals surface area contributed by atoms with Crippen molar-refractivity contribution in [2.75, 3.05) is 18.9 Å². The Kier molecular flexibility index (Phi) is 14.0. The molecule has 3 atom stereocenters. The van der Waals surface area contributed by atoms with Gasteiger partial charge in [0.15, 0.2) is 0 Å². The first-order valence-electron chi connectivity index (χ1n) is 12.7. The number of hydrogen-bond donors (Lipinski definition) is 5. The van der Waals surface area contributed by atoms with Crippen LogP contribution in [0.2, 0.25) is 0 Å². The third kappa shape index (κ3) is 11.4. The number of nitrogens with two attached hydrogens (primary N) is 1. The molecule has 6 N–H and O–H groups in total. The molecule has 13 heteroatoms. The Morgan fingerprint density at radius 2 is 1.64 bits per heavy atom. The van der Waals surface area contributed by atoms with Crippen LogP contribution in [0, 0.1) is 11.8 Å². The molecular weight excluding hydrogens is 508 g/mol. The molecule has 0 saturated heterocycles. The summed E-state index contributed by atoms with van der Waals surface area (Å²) in [6.45, 7) is 7.35. The zero-order valence-corrected chi connectivity index (χ0v) is 23.1. The Morgan fingerprint density at radius 3 is 2.15 bits per heavy atom. The summed E-state index contributed by atoms with van der Waals surface area (Å²) in [5, 5.41) is 10.3. The number of primary amides is 1. The summed E-state index contributed by atoms with van der Waals surface area (Å²) in [7, 11) is 1.50. The van der Waals surface area contributed by atoms with Crippen LogP contribution in [0.5, 0.6) is 0 Å². The molecule has 0 aromatic heterocycles. The second-order valence-corrected chi connectivity index (χ2v) is 9.72. The van der Waals surface area contributed by atoms with Gasteiger partial charge in [-0.15, -0.1) is 0 Å². The molecule has 0 fully saturated rings. The second-order valence-electron chi connectivity index (χ2n) is 9.72. The number of carbonyl (C=O) groups excluding carboxylic acids is 6. The lowest BCUT2D eigenvalue weighted by Gasteiger charge is -2.25. The van der Waals surface area contributed by atoms with Crippen LogP contribution in [0.4, 0.5) is 15.3 Å². The SMILES string of the molecule is CC(C)C(NC=O)C(=O)NC(CCCNC(N)=O)C(=O)Nc1ccc(COC(=O)N(C)C(C=O)C(C)C)cc1. The van der Waals surface area contributed by atoms with Gasteiger partial charge in [0.2, 0.25) is 18.2 Å². The van der Waals surface area contributed by atoms with Crippen LogP contribution < -0.4 is 27.0 Å². The Balaban J connectivity index is 2.83. The largest absolute Gasteiger partial charge is 0.445 e. The van der Waals surface area contributed by atoms with E-state index in [-0.39, 0.29) is 31.4 Å². The summed E-state index contributed by atoms with van der Waals surface area (Å²) in [5.74, 6) is -1.29. The lowest BCUT2D eigenvalue weighted by atomic mass is 10.0. The van der Waals surface area contributed by atoms with Gasteiger partial charge in [0.05, 0.1) is 6.04 Å². The van der Waals surface area contributed by atoms with Crippen molar-refractivity contribution in [3.8, 4) is 0 Å². The number of aldehydes is 1. The molecule has 39 heavy (non-hydrogen) atoms. The summed E-state index contributed by atoms with van der Waals surface area (Å²) in [4.78, 5) is 72.3. The van der Waals surface area contributed by atoms with Gasteiger partial charge < -0.3 is 41.4 Å². The van der Waals surface area contributed by atoms with Crippen LogP contribution in [0.15, 0.2) is 24.3 Å². The van der Waals surface area contributed by atoms with Gasteiger partial charge >= 0.3 is 12.1 Å². The number of nitrogens with zero attached hydrogens (tertiary/aromatic N) is 1. The molecule has 1 aromatic rings. The molecule has 1 aromatic carbocycles. The van der Waals surface area contributed by atoms with E-state index in [9.17, 15) is 28.8 Å². The fourth-order valence-corrected chi connectivity index (χ4v) is 3.67. The number of likely N-dealkylation sites (N-methyl/N-ethyl adjacent to an activating group) is 1. The quantitative estimate of drug-likeness (QED) is 0.151. The highest BCUT2D eigenvalue weighted by Gasteiger charge is 2.27.